The van der Waals surface area contributed by atoms with Gasteiger partial charge in [-0.05, 0) is 12.1 Å². The van der Waals surface area contributed by atoms with Gasteiger partial charge >= 0.3 is 6.03 Å². The first kappa shape index (κ1) is 15.7. The number of nitrogens with two attached hydrogens (primary N) is 1. The molecule has 0 saturated heterocycles. The third-order valence-electron chi connectivity index (χ3n) is 2.67. The fraction of sp³-hybridized carbons (Fsp3) is 0.333. The molecule has 0 heterocycles. The number of halogens is 2. The number of amides is 2. The molecule has 5 N–H and O–H groups in total. The van der Waals surface area contributed by atoms with Crippen LogP contribution in [0.15, 0.2) is 23.4 Å². The summed E-state index contributed by atoms with van der Waals surface area (Å²) in [6, 6.07) is 2.11. The summed E-state index contributed by atoms with van der Waals surface area (Å²) in [6.07, 6.45) is 0. The first-order chi connectivity index (χ1) is 9.26. The van der Waals surface area contributed by atoms with Crippen LogP contribution in [0.25, 0.3) is 0 Å². The zero-order valence-corrected chi connectivity index (χ0v) is 11.1. The van der Waals surface area contributed by atoms with E-state index in [1.54, 1.807) is 13.8 Å². The third kappa shape index (κ3) is 4.08. The van der Waals surface area contributed by atoms with Crippen molar-refractivity contribution < 1.29 is 18.8 Å². The van der Waals surface area contributed by atoms with Crippen LogP contribution in [-0.4, -0.2) is 23.6 Å². The molecule has 0 aromatic heterocycles. The van der Waals surface area contributed by atoms with Gasteiger partial charge in [0.05, 0.1) is 5.69 Å². The van der Waals surface area contributed by atoms with Gasteiger partial charge in [-0.2, -0.15) is 0 Å². The molecule has 0 aliphatic heterocycles. The summed E-state index contributed by atoms with van der Waals surface area (Å²) in [7, 11) is 0. The molecule has 6 nitrogen and oxygen atoms in total. The molecule has 0 fully saturated rings. The average Bonchev–Trinajstić information content (AvgIpc) is 2.39. The van der Waals surface area contributed by atoms with Gasteiger partial charge in [-0.3, -0.25) is 0 Å². The Bertz CT molecular complexity index is 532. The highest BCUT2D eigenvalue weighted by atomic mass is 19.1. The van der Waals surface area contributed by atoms with Crippen molar-refractivity contribution >= 4 is 17.6 Å². The monoisotopic (exact) mass is 286 g/mol. The maximum Gasteiger partial charge on any atom is 0.319 e. The van der Waals surface area contributed by atoms with Crippen molar-refractivity contribution in [2.24, 2.45) is 16.3 Å². The fourth-order valence-corrected chi connectivity index (χ4v) is 1.28. The number of carbonyl (C=O) groups excluding carboxylic acids is 1. The predicted octanol–water partition coefficient (Wildman–Crippen LogP) is 1.86. The fourth-order valence-electron chi connectivity index (χ4n) is 1.28. The second-order valence-corrected chi connectivity index (χ2v) is 4.80. The van der Waals surface area contributed by atoms with Crippen LogP contribution in [0.3, 0.4) is 0 Å². The third-order valence-corrected chi connectivity index (χ3v) is 2.67. The lowest BCUT2D eigenvalue weighted by atomic mass is 9.92. The second-order valence-electron chi connectivity index (χ2n) is 4.80. The van der Waals surface area contributed by atoms with Crippen molar-refractivity contribution in [1.29, 1.82) is 0 Å². The van der Waals surface area contributed by atoms with E-state index in [1.807, 2.05) is 0 Å². The lowest BCUT2D eigenvalue weighted by Crippen LogP contribution is -2.43. The minimum atomic E-state index is -0.879. The summed E-state index contributed by atoms with van der Waals surface area (Å²) in [5, 5.41) is 16.1. The molecule has 1 rings (SSSR count). The summed E-state index contributed by atoms with van der Waals surface area (Å²) in [4.78, 5) is 11.6. The van der Waals surface area contributed by atoms with E-state index < -0.39 is 23.1 Å². The number of hydrogen-bond acceptors (Lipinski definition) is 3. The van der Waals surface area contributed by atoms with Crippen molar-refractivity contribution in [3.63, 3.8) is 0 Å². The maximum atomic E-state index is 13.3. The quantitative estimate of drug-likeness (QED) is 0.294. The van der Waals surface area contributed by atoms with E-state index in [4.69, 9.17) is 10.9 Å². The first-order valence-corrected chi connectivity index (χ1v) is 5.74. The first-order valence-electron chi connectivity index (χ1n) is 5.74. The molecule has 20 heavy (non-hydrogen) atoms. The lowest BCUT2D eigenvalue weighted by Gasteiger charge is -2.23. The van der Waals surface area contributed by atoms with E-state index in [9.17, 15) is 13.6 Å². The number of oxime groups is 1. The van der Waals surface area contributed by atoms with Crippen LogP contribution >= 0.6 is 0 Å². The Kier molecular flexibility index (Phi) is 4.84. The Morgan fingerprint density at radius 2 is 2.10 bits per heavy atom. The van der Waals surface area contributed by atoms with Crippen LogP contribution in [0, 0.1) is 17.0 Å². The smallest absolute Gasteiger partial charge is 0.319 e. The maximum absolute atomic E-state index is 13.3. The van der Waals surface area contributed by atoms with E-state index >= 15 is 0 Å². The molecule has 1 aromatic carbocycles. The molecule has 0 bridgehead atoms. The molecule has 0 aliphatic carbocycles. The molecule has 0 spiro atoms. The Labute approximate surface area is 114 Å². The standard InChI is InChI=1S/C12H16F2N4O2/c1-12(2,10(15)18-20)6-16-11(19)17-9-4-3-7(13)5-8(9)14/h3-5,20H,6H2,1-2H3,(H2,15,18)(H2,16,17,19). The Morgan fingerprint density at radius 3 is 2.65 bits per heavy atom. The van der Waals surface area contributed by atoms with E-state index in [-0.39, 0.29) is 18.1 Å². The van der Waals surface area contributed by atoms with Crippen LogP contribution < -0.4 is 16.4 Å². The van der Waals surface area contributed by atoms with E-state index in [0.717, 1.165) is 12.1 Å². The van der Waals surface area contributed by atoms with E-state index in [0.29, 0.717) is 6.07 Å². The van der Waals surface area contributed by atoms with Crippen LogP contribution in [-0.2, 0) is 0 Å². The van der Waals surface area contributed by atoms with Gasteiger partial charge in [0.15, 0.2) is 0 Å². The topological polar surface area (TPSA) is 99.7 Å². The number of amidine groups is 1. The molecule has 0 saturated carbocycles. The molecule has 8 heteroatoms. The molecule has 110 valence electrons. The number of anilines is 1. The molecule has 0 atom stereocenters. The Balaban J connectivity index is 2.61. The van der Waals surface area contributed by atoms with Gasteiger partial charge in [0.2, 0.25) is 0 Å². The van der Waals surface area contributed by atoms with Gasteiger partial charge in [0.25, 0.3) is 0 Å². The average molecular weight is 286 g/mol. The number of nitrogens with zero attached hydrogens (tertiary/aromatic N) is 1. The summed E-state index contributed by atoms with van der Waals surface area (Å²) >= 11 is 0. The molecule has 0 unspecified atom stereocenters. The normalized spacial score (nSPS) is 12.1. The number of rotatable bonds is 4. The molecular weight excluding hydrogens is 270 g/mol. The van der Waals surface area contributed by atoms with Crippen molar-refractivity contribution in [2.75, 3.05) is 11.9 Å². The largest absolute Gasteiger partial charge is 0.409 e. The number of hydrogen-bond donors (Lipinski definition) is 4. The predicted molar refractivity (Wildman–Crippen MR) is 70.6 cm³/mol. The number of benzene rings is 1. The molecular formula is C12H16F2N4O2. The van der Waals surface area contributed by atoms with Crippen LogP contribution in [0.2, 0.25) is 0 Å². The zero-order valence-electron chi connectivity index (χ0n) is 11.1. The minimum absolute atomic E-state index is 0.0502. The SMILES string of the molecule is CC(C)(CNC(=O)Nc1ccc(F)cc1F)/C(N)=N/O. The van der Waals surface area contributed by atoms with E-state index in [1.165, 1.54) is 0 Å². The zero-order chi connectivity index (χ0) is 15.3. The number of carbonyl (C=O) groups is 1. The van der Waals surface area contributed by atoms with Gasteiger partial charge in [0.1, 0.15) is 17.5 Å². The van der Waals surface area contributed by atoms with Gasteiger partial charge in [-0.15, -0.1) is 0 Å². The van der Waals surface area contributed by atoms with Gasteiger partial charge in [0, 0.05) is 18.0 Å². The summed E-state index contributed by atoms with van der Waals surface area (Å²) in [6.45, 7) is 3.37. The molecule has 1 aromatic rings. The van der Waals surface area contributed by atoms with Crippen molar-refractivity contribution in [1.82, 2.24) is 5.32 Å². The van der Waals surface area contributed by atoms with Crippen molar-refractivity contribution in [3.8, 4) is 0 Å². The van der Waals surface area contributed by atoms with Crippen LogP contribution in [0.1, 0.15) is 13.8 Å². The summed E-state index contributed by atoms with van der Waals surface area (Å²) in [5.74, 6) is -1.66. The van der Waals surface area contributed by atoms with Gasteiger partial charge in [-0.1, -0.05) is 19.0 Å². The number of nitrogens with one attached hydrogen (secondary N) is 2. The highest BCUT2D eigenvalue weighted by molar-refractivity contribution is 5.90. The van der Waals surface area contributed by atoms with Crippen molar-refractivity contribution in [2.45, 2.75) is 13.8 Å². The van der Waals surface area contributed by atoms with Gasteiger partial charge < -0.3 is 21.6 Å². The molecule has 2 amide bonds. The Morgan fingerprint density at radius 1 is 1.45 bits per heavy atom. The van der Waals surface area contributed by atoms with Gasteiger partial charge in [-0.25, -0.2) is 13.6 Å². The van der Waals surface area contributed by atoms with Crippen molar-refractivity contribution in [3.05, 3.63) is 29.8 Å². The summed E-state index contributed by atoms with van der Waals surface area (Å²) < 4.78 is 26.0. The minimum Gasteiger partial charge on any atom is -0.409 e. The Hall–Kier alpha value is -2.38. The molecule has 0 radical (unpaired) electrons. The van der Waals surface area contributed by atoms with E-state index in [2.05, 4.69) is 15.8 Å². The molecule has 0 aliphatic rings. The highest BCUT2D eigenvalue weighted by Gasteiger charge is 2.24. The summed E-state index contributed by atoms with van der Waals surface area (Å²) in [5.41, 5.74) is 4.54. The van der Waals surface area contributed by atoms with Crippen LogP contribution in [0.5, 0.6) is 0 Å². The van der Waals surface area contributed by atoms with Crippen LogP contribution in [0.4, 0.5) is 19.3 Å². The number of urea groups is 1. The second kappa shape index (κ2) is 6.18. The highest BCUT2D eigenvalue weighted by Crippen LogP contribution is 2.16. The lowest BCUT2D eigenvalue weighted by molar-refractivity contribution is 0.248.